The maximum Gasteiger partial charge on any atom is 0.314 e. The van der Waals surface area contributed by atoms with Crippen molar-refractivity contribution in [2.75, 3.05) is 26.2 Å². The minimum Gasteiger partial charge on any atom is -0.375 e. The lowest BCUT2D eigenvalue weighted by Gasteiger charge is -2.22. The summed E-state index contributed by atoms with van der Waals surface area (Å²) < 4.78 is 5.52. The van der Waals surface area contributed by atoms with Crippen molar-refractivity contribution < 1.29 is 9.53 Å². The fraction of sp³-hybridized carbons (Fsp3) is 0.889. The molecule has 1 rings (SSSR count). The third-order valence-electron chi connectivity index (χ3n) is 2.41. The van der Waals surface area contributed by atoms with Gasteiger partial charge in [-0.1, -0.05) is 0 Å². The number of rotatable bonds is 3. The number of carbonyl (C=O) groups excluding carboxylic acids is 1. The van der Waals surface area contributed by atoms with E-state index in [1.807, 2.05) is 0 Å². The van der Waals surface area contributed by atoms with E-state index in [1.165, 1.54) is 0 Å². The second-order valence-corrected chi connectivity index (χ2v) is 3.56. The summed E-state index contributed by atoms with van der Waals surface area (Å²) >= 11 is 0. The molecule has 0 radical (unpaired) electrons. The molecule has 0 aromatic heterocycles. The van der Waals surface area contributed by atoms with Gasteiger partial charge < -0.3 is 21.1 Å². The van der Waals surface area contributed by atoms with E-state index in [0.717, 1.165) is 25.8 Å². The van der Waals surface area contributed by atoms with Gasteiger partial charge in [-0.25, -0.2) is 4.79 Å². The maximum absolute atomic E-state index is 11.0. The van der Waals surface area contributed by atoms with Gasteiger partial charge in [-0.05, 0) is 19.3 Å². The van der Waals surface area contributed by atoms with Crippen LogP contribution in [0.3, 0.4) is 0 Å². The van der Waals surface area contributed by atoms with Gasteiger partial charge in [0.05, 0.1) is 12.7 Å². The van der Waals surface area contributed by atoms with Gasteiger partial charge >= 0.3 is 6.03 Å². The molecule has 1 fully saturated rings. The van der Waals surface area contributed by atoms with Crippen LogP contribution in [0, 0.1) is 0 Å². The first-order valence-corrected chi connectivity index (χ1v) is 5.10. The van der Waals surface area contributed by atoms with Crippen LogP contribution in [0.25, 0.3) is 0 Å². The van der Waals surface area contributed by atoms with Crippen LogP contribution in [-0.4, -0.2) is 43.3 Å². The van der Waals surface area contributed by atoms with E-state index in [9.17, 15) is 4.79 Å². The topological polar surface area (TPSA) is 81.6 Å². The highest BCUT2D eigenvalue weighted by molar-refractivity contribution is 5.72. The lowest BCUT2D eigenvalue weighted by molar-refractivity contribution is 0.0405. The Kier molecular flexibility index (Phi) is 4.69. The molecule has 1 unspecified atom stereocenters. The molecule has 5 nitrogen and oxygen atoms in total. The third-order valence-corrected chi connectivity index (χ3v) is 2.41. The van der Waals surface area contributed by atoms with Gasteiger partial charge in [-0.3, -0.25) is 0 Å². The minimum atomic E-state index is -0.353. The SMILES string of the molecule is NCCOC1CCCCN(C(N)=O)C1. The molecule has 1 saturated heterocycles. The molecule has 0 aromatic carbocycles. The van der Waals surface area contributed by atoms with Crippen molar-refractivity contribution in [3.05, 3.63) is 0 Å². The quantitative estimate of drug-likeness (QED) is 0.668. The number of primary amides is 1. The molecule has 1 heterocycles. The minimum absolute atomic E-state index is 0.105. The zero-order valence-electron chi connectivity index (χ0n) is 8.45. The summed E-state index contributed by atoms with van der Waals surface area (Å²) in [5.74, 6) is 0. The number of carbonyl (C=O) groups is 1. The average molecular weight is 201 g/mol. The van der Waals surface area contributed by atoms with Crippen molar-refractivity contribution in [3.63, 3.8) is 0 Å². The molecule has 0 spiro atoms. The fourth-order valence-electron chi connectivity index (χ4n) is 1.67. The molecule has 1 aliphatic rings. The van der Waals surface area contributed by atoms with Gasteiger partial charge in [-0.15, -0.1) is 0 Å². The Hall–Kier alpha value is -0.810. The number of nitrogens with two attached hydrogens (primary N) is 2. The van der Waals surface area contributed by atoms with E-state index in [4.69, 9.17) is 16.2 Å². The van der Waals surface area contributed by atoms with E-state index in [1.54, 1.807) is 4.90 Å². The number of amides is 2. The highest BCUT2D eigenvalue weighted by Gasteiger charge is 2.20. The second-order valence-electron chi connectivity index (χ2n) is 3.56. The zero-order chi connectivity index (χ0) is 10.4. The van der Waals surface area contributed by atoms with Gasteiger partial charge in [0.25, 0.3) is 0 Å². The standard InChI is InChI=1S/C9H19N3O2/c10-4-6-14-8-3-1-2-5-12(7-8)9(11)13/h8H,1-7,10H2,(H2,11,13). The molecule has 2 amide bonds. The first-order valence-electron chi connectivity index (χ1n) is 5.10. The molecular formula is C9H19N3O2. The van der Waals surface area contributed by atoms with Crippen molar-refractivity contribution in [1.82, 2.24) is 4.90 Å². The first kappa shape index (κ1) is 11.3. The molecule has 1 aliphatic heterocycles. The average Bonchev–Trinajstić information content (AvgIpc) is 2.39. The maximum atomic E-state index is 11.0. The number of hydrogen-bond donors (Lipinski definition) is 2. The predicted octanol–water partition coefficient (Wildman–Crippen LogP) is -0.105. The van der Waals surface area contributed by atoms with E-state index in [-0.39, 0.29) is 12.1 Å². The zero-order valence-corrected chi connectivity index (χ0v) is 8.45. The van der Waals surface area contributed by atoms with E-state index >= 15 is 0 Å². The normalized spacial score (nSPS) is 23.2. The van der Waals surface area contributed by atoms with E-state index < -0.39 is 0 Å². The molecule has 0 aromatic rings. The largest absolute Gasteiger partial charge is 0.375 e. The van der Waals surface area contributed by atoms with Crippen molar-refractivity contribution in [1.29, 1.82) is 0 Å². The Labute approximate surface area is 84.4 Å². The monoisotopic (exact) mass is 201 g/mol. The van der Waals surface area contributed by atoms with Crippen LogP contribution >= 0.6 is 0 Å². The Morgan fingerprint density at radius 3 is 2.93 bits per heavy atom. The highest BCUT2D eigenvalue weighted by Crippen LogP contribution is 2.12. The van der Waals surface area contributed by atoms with Crippen LogP contribution in [0.15, 0.2) is 0 Å². The summed E-state index contributed by atoms with van der Waals surface area (Å²) in [5, 5.41) is 0. The molecule has 4 N–H and O–H groups in total. The van der Waals surface area contributed by atoms with Gasteiger partial charge in [-0.2, -0.15) is 0 Å². The van der Waals surface area contributed by atoms with Crippen LogP contribution in [-0.2, 0) is 4.74 Å². The van der Waals surface area contributed by atoms with Gasteiger partial charge in [0.2, 0.25) is 0 Å². The molecule has 5 heteroatoms. The van der Waals surface area contributed by atoms with Crippen LogP contribution in [0.5, 0.6) is 0 Å². The number of likely N-dealkylation sites (tertiary alicyclic amines) is 1. The number of nitrogens with zero attached hydrogens (tertiary/aromatic N) is 1. The summed E-state index contributed by atoms with van der Waals surface area (Å²) in [6.45, 7) is 2.43. The smallest absolute Gasteiger partial charge is 0.314 e. The summed E-state index contributed by atoms with van der Waals surface area (Å²) in [5.41, 5.74) is 10.6. The number of ether oxygens (including phenoxy) is 1. The molecular weight excluding hydrogens is 182 g/mol. The fourth-order valence-corrected chi connectivity index (χ4v) is 1.67. The van der Waals surface area contributed by atoms with Crippen LogP contribution in [0.2, 0.25) is 0 Å². The summed E-state index contributed by atoms with van der Waals surface area (Å²) in [6, 6.07) is -0.353. The number of hydrogen-bond acceptors (Lipinski definition) is 3. The van der Waals surface area contributed by atoms with Gasteiger partial charge in [0, 0.05) is 19.6 Å². The lowest BCUT2D eigenvalue weighted by atomic mass is 10.2. The Balaban J connectivity index is 2.38. The molecule has 0 aliphatic carbocycles. The second kappa shape index (κ2) is 5.82. The van der Waals surface area contributed by atoms with Crippen molar-refractivity contribution in [2.45, 2.75) is 25.4 Å². The summed E-state index contributed by atoms with van der Waals surface area (Å²) in [6.07, 6.45) is 3.18. The van der Waals surface area contributed by atoms with Crippen LogP contribution in [0.1, 0.15) is 19.3 Å². The highest BCUT2D eigenvalue weighted by atomic mass is 16.5. The Morgan fingerprint density at radius 2 is 2.29 bits per heavy atom. The third kappa shape index (κ3) is 3.51. The van der Waals surface area contributed by atoms with Crippen LogP contribution < -0.4 is 11.5 Å². The van der Waals surface area contributed by atoms with Crippen molar-refractivity contribution in [2.24, 2.45) is 11.5 Å². The lowest BCUT2D eigenvalue weighted by Crippen LogP contribution is -2.41. The molecule has 82 valence electrons. The Morgan fingerprint density at radius 1 is 1.50 bits per heavy atom. The van der Waals surface area contributed by atoms with Crippen LogP contribution in [0.4, 0.5) is 4.79 Å². The summed E-state index contributed by atoms with van der Waals surface area (Å²) in [4.78, 5) is 12.6. The van der Waals surface area contributed by atoms with Crippen molar-refractivity contribution >= 4 is 6.03 Å². The van der Waals surface area contributed by atoms with E-state index in [0.29, 0.717) is 19.7 Å². The molecule has 1 atom stereocenters. The molecule has 0 saturated carbocycles. The first-order chi connectivity index (χ1) is 6.74. The molecule has 0 bridgehead atoms. The number of urea groups is 1. The predicted molar refractivity (Wildman–Crippen MR) is 53.8 cm³/mol. The van der Waals surface area contributed by atoms with Gasteiger partial charge in [0.1, 0.15) is 0 Å². The van der Waals surface area contributed by atoms with Crippen molar-refractivity contribution in [3.8, 4) is 0 Å². The molecule has 14 heavy (non-hydrogen) atoms. The summed E-state index contributed by atoms with van der Waals surface area (Å²) in [7, 11) is 0. The Bertz CT molecular complexity index is 187. The van der Waals surface area contributed by atoms with Gasteiger partial charge in [0.15, 0.2) is 0 Å². The van der Waals surface area contributed by atoms with E-state index in [2.05, 4.69) is 0 Å².